The Bertz CT molecular complexity index is 706. The van der Waals surface area contributed by atoms with Crippen LogP contribution >= 0.6 is 0 Å². The standard InChI is InChI=1S/C17H26N6O/c1-21(2)16-7-6-15-18-19-17(23(15)20-16)12-8-10-22(11-9-12)13-4-3-5-14(13)24/h6-7,12-14,24H,3-5,8-11H2,1-2H3. The maximum absolute atomic E-state index is 10.1. The molecule has 7 heteroatoms. The smallest absolute Gasteiger partial charge is 0.178 e. The molecule has 130 valence electrons. The van der Waals surface area contributed by atoms with Crippen LogP contribution < -0.4 is 4.90 Å². The molecule has 2 aromatic rings. The zero-order valence-electron chi connectivity index (χ0n) is 14.5. The molecule has 1 aliphatic heterocycles. The lowest BCUT2D eigenvalue weighted by Crippen LogP contribution is -2.44. The second kappa shape index (κ2) is 6.29. The van der Waals surface area contributed by atoms with Crippen molar-refractivity contribution in [3.05, 3.63) is 18.0 Å². The first-order chi connectivity index (χ1) is 11.6. The van der Waals surface area contributed by atoms with Crippen LogP contribution in [0.4, 0.5) is 5.82 Å². The maximum Gasteiger partial charge on any atom is 0.178 e. The number of rotatable bonds is 3. The summed E-state index contributed by atoms with van der Waals surface area (Å²) in [5, 5.41) is 23.5. The number of likely N-dealkylation sites (tertiary alicyclic amines) is 1. The van der Waals surface area contributed by atoms with Crippen molar-refractivity contribution >= 4 is 11.5 Å². The largest absolute Gasteiger partial charge is 0.391 e. The van der Waals surface area contributed by atoms with E-state index in [1.165, 1.54) is 0 Å². The SMILES string of the molecule is CN(C)c1ccc2nnc(C3CCN(C4CCCC4O)CC3)n2n1. The van der Waals surface area contributed by atoms with Gasteiger partial charge in [-0.15, -0.1) is 15.3 Å². The minimum atomic E-state index is -0.139. The van der Waals surface area contributed by atoms with Gasteiger partial charge in [-0.2, -0.15) is 4.52 Å². The van der Waals surface area contributed by atoms with E-state index in [1.807, 2.05) is 35.6 Å². The van der Waals surface area contributed by atoms with Crippen molar-refractivity contribution in [2.45, 2.75) is 50.2 Å². The summed E-state index contributed by atoms with van der Waals surface area (Å²) in [5.74, 6) is 2.27. The number of aliphatic hydroxyl groups excluding tert-OH is 1. The van der Waals surface area contributed by atoms with Crippen LogP contribution in [0, 0.1) is 0 Å². The molecule has 7 nitrogen and oxygen atoms in total. The van der Waals surface area contributed by atoms with Gasteiger partial charge in [0.1, 0.15) is 5.82 Å². The lowest BCUT2D eigenvalue weighted by Gasteiger charge is -2.36. The third-order valence-electron chi connectivity index (χ3n) is 5.54. The summed E-state index contributed by atoms with van der Waals surface area (Å²) in [4.78, 5) is 4.46. The Balaban J connectivity index is 1.51. The van der Waals surface area contributed by atoms with Gasteiger partial charge in [-0.05, 0) is 57.3 Å². The molecular formula is C17H26N6O. The lowest BCUT2D eigenvalue weighted by atomic mass is 9.94. The number of hydrogen-bond donors (Lipinski definition) is 1. The van der Waals surface area contributed by atoms with E-state index >= 15 is 0 Å². The topological polar surface area (TPSA) is 69.8 Å². The number of anilines is 1. The lowest BCUT2D eigenvalue weighted by molar-refractivity contribution is 0.0545. The van der Waals surface area contributed by atoms with Gasteiger partial charge in [-0.1, -0.05) is 0 Å². The molecule has 3 heterocycles. The van der Waals surface area contributed by atoms with Crippen LogP contribution in [-0.2, 0) is 0 Å². The van der Waals surface area contributed by atoms with E-state index < -0.39 is 0 Å². The van der Waals surface area contributed by atoms with Crippen molar-refractivity contribution < 1.29 is 5.11 Å². The molecule has 0 aromatic carbocycles. The normalized spacial score (nSPS) is 26.3. The van der Waals surface area contributed by atoms with Crippen molar-refractivity contribution in [3.8, 4) is 0 Å². The number of aliphatic hydroxyl groups is 1. The van der Waals surface area contributed by atoms with Gasteiger partial charge >= 0.3 is 0 Å². The van der Waals surface area contributed by atoms with Gasteiger partial charge in [-0.3, -0.25) is 4.90 Å². The fourth-order valence-corrected chi connectivity index (χ4v) is 4.13. The zero-order chi connectivity index (χ0) is 16.7. The molecule has 2 aliphatic rings. The van der Waals surface area contributed by atoms with Gasteiger partial charge < -0.3 is 10.0 Å². The van der Waals surface area contributed by atoms with E-state index in [1.54, 1.807) is 0 Å². The highest BCUT2D eigenvalue weighted by atomic mass is 16.3. The summed E-state index contributed by atoms with van der Waals surface area (Å²) in [6.45, 7) is 2.04. The molecule has 0 spiro atoms. The summed E-state index contributed by atoms with van der Waals surface area (Å²) < 4.78 is 1.90. The Morgan fingerprint density at radius 3 is 2.54 bits per heavy atom. The molecule has 2 atom stereocenters. The van der Waals surface area contributed by atoms with Gasteiger partial charge in [0, 0.05) is 26.1 Å². The Kier molecular flexibility index (Phi) is 4.14. The summed E-state index contributed by atoms with van der Waals surface area (Å²) in [5.41, 5.74) is 0.809. The number of piperidine rings is 1. The van der Waals surface area contributed by atoms with Crippen LogP contribution in [0.5, 0.6) is 0 Å². The first-order valence-electron chi connectivity index (χ1n) is 8.95. The summed E-state index contributed by atoms with van der Waals surface area (Å²) >= 11 is 0. The predicted molar refractivity (Wildman–Crippen MR) is 92.3 cm³/mol. The number of hydrogen-bond acceptors (Lipinski definition) is 6. The molecule has 1 N–H and O–H groups in total. The van der Waals surface area contributed by atoms with Crippen LogP contribution in [0.25, 0.3) is 5.65 Å². The van der Waals surface area contributed by atoms with Crippen molar-refractivity contribution in [1.29, 1.82) is 0 Å². The molecule has 1 aliphatic carbocycles. The average molecular weight is 330 g/mol. The first-order valence-corrected chi connectivity index (χ1v) is 8.95. The molecule has 0 amide bonds. The van der Waals surface area contributed by atoms with Crippen molar-refractivity contribution in [3.63, 3.8) is 0 Å². The van der Waals surface area contributed by atoms with Crippen molar-refractivity contribution in [2.24, 2.45) is 0 Å². The van der Waals surface area contributed by atoms with Crippen LogP contribution in [0.15, 0.2) is 12.1 Å². The highest BCUT2D eigenvalue weighted by Gasteiger charge is 2.34. The van der Waals surface area contributed by atoms with E-state index in [4.69, 9.17) is 0 Å². The van der Waals surface area contributed by atoms with Crippen LogP contribution in [0.2, 0.25) is 0 Å². The van der Waals surface area contributed by atoms with E-state index in [0.29, 0.717) is 12.0 Å². The predicted octanol–water partition coefficient (Wildman–Crippen LogP) is 1.28. The number of aromatic nitrogens is 4. The molecule has 2 fully saturated rings. The molecule has 24 heavy (non-hydrogen) atoms. The molecule has 4 rings (SSSR count). The molecule has 2 unspecified atom stereocenters. The van der Waals surface area contributed by atoms with Crippen LogP contribution in [0.3, 0.4) is 0 Å². The van der Waals surface area contributed by atoms with Crippen molar-refractivity contribution in [1.82, 2.24) is 24.7 Å². The van der Waals surface area contributed by atoms with E-state index in [9.17, 15) is 5.11 Å². The van der Waals surface area contributed by atoms with Crippen molar-refractivity contribution in [2.75, 3.05) is 32.1 Å². The fourth-order valence-electron chi connectivity index (χ4n) is 4.13. The highest BCUT2D eigenvalue weighted by molar-refractivity contribution is 5.45. The Morgan fingerprint density at radius 1 is 1.08 bits per heavy atom. The Labute approximate surface area is 142 Å². The Hall–Kier alpha value is -1.73. The van der Waals surface area contributed by atoms with Gasteiger partial charge in [0.15, 0.2) is 11.5 Å². The molecule has 0 radical (unpaired) electrons. The highest BCUT2D eigenvalue weighted by Crippen LogP contribution is 2.32. The maximum atomic E-state index is 10.1. The first kappa shape index (κ1) is 15.8. The van der Waals surface area contributed by atoms with Gasteiger partial charge in [-0.25, -0.2) is 0 Å². The van der Waals surface area contributed by atoms with E-state index in [-0.39, 0.29) is 6.10 Å². The third kappa shape index (κ3) is 2.75. The Morgan fingerprint density at radius 2 is 1.88 bits per heavy atom. The summed E-state index contributed by atoms with van der Waals surface area (Å²) in [6.07, 6.45) is 5.21. The second-order valence-electron chi connectivity index (χ2n) is 7.29. The molecule has 1 saturated heterocycles. The molecular weight excluding hydrogens is 304 g/mol. The van der Waals surface area contributed by atoms with Gasteiger partial charge in [0.05, 0.1) is 6.10 Å². The second-order valence-corrected chi connectivity index (χ2v) is 7.29. The van der Waals surface area contributed by atoms with Gasteiger partial charge in [0.25, 0.3) is 0 Å². The average Bonchev–Trinajstić information content (AvgIpc) is 3.20. The number of nitrogens with zero attached hydrogens (tertiary/aromatic N) is 6. The van der Waals surface area contributed by atoms with Gasteiger partial charge in [0.2, 0.25) is 0 Å². The fraction of sp³-hybridized carbons (Fsp3) is 0.706. The quantitative estimate of drug-likeness (QED) is 0.914. The minimum absolute atomic E-state index is 0.139. The van der Waals surface area contributed by atoms with E-state index in [0.717, 1.165) is 62.5 Å². The molecule has 1 saturated carbocycles. The van der Waals surface area contributed by atoms with Crippen LogP contribution in [0.1, 0.15) is 43.8 Å². The monoisotopic (exact) mass is 330 g/mol. The summed E-state index contributed by atoms with van der Waals surface area (Å²) in [6, 6.07) is 4.31. The third-order valence-corrected chi connectivity index (χ3v) is 5.54. The zero-order valence-corrected chi connectivity index (χ0v) is 14.5. The van der Waals surface area contributed by atoms with E-state index in [2.05, 4.69) is 20.2 Å². The molecule has 2 aromatic heterocycles. The van der Waals surface area contributed by atoms with Crippen LogP contribution in [-0.4, -0.2) is 69.1 Å². The minimum Gasteiger partial charge on any atom is -0.391 e. The molecule has 0 bridgehead atoms. The number of fused-ring (bicyclic) bond motifs is 1. The summed E-state index contributed by atoms with van der Waals surface area (Å²) in [7, 11) is 3.98.